The Bertz CT molecular complexity index is 479. The number of ether oxygens (including phenoxy) is 5. The molecule has 0 saturated carbocycles. The first-order valence-electron chi connectivity index (χ1n) is 8.69. The molecular formula is C17H29N3O6. The lowest BCUT2D eigenvalue weighted by Crippen LogP contribution is -2.50. The Hall–Kier alpha value is -1.48. The number of carbonyl (C=O) groups is 1. The number of carbonyl (C=O) groups excluding carboxylic acids is 1. The van der Waals surface area contributed by atoms with Crippen molar-refractivity contribution in [2.24, 2.45) is 5.11 Å². The van der Waals surface area contributed by atoms with Crippen LogP contribution in [0.25, 0.3) is 10.4 Å². The zero-order chi connectivity index (χ0) is 19.3. The van der Waals surface area contributed by atoms with Crippen LogP contribution in [-0.4, -0.2) is 76.4 Å². The molecule has 148 valence electrons. The van der Waals surface area contributed by atoms with Gasteiger partial charge in [-0.25, -0.2) is 0 Å². The maximum absolute atomic E-state index is 12.2. The Morgan fingerprint density at radius 2 is 1.77 bits per heavy atom. The Kier molecular flexibility index (Phi) is 11.1. The van der Waals surface area contributed by atoms with E-state index < -0.39 is 17.8 Å². The molecule has 0 radical (unpaired) electrons. The number of rotatable bonds is 14. The Balaban J connectivity index is 2.01. The molecule has 9 nitrogen and oxygen atoms in total. The molecule has 1 aliphatic rings. The minimum Gasteiger partial charge on any atom is -0.379 e. The van der Waals surface area contributed by atoms with Crippen LogP contribution in [0.2, 0.25) is 0 Å². The number of azide groups is 1. The van der Waals surface area contributed by atoms with Gasteiger partial charge in [0.25, 0.3) is 0 Å². The molecule has 0 amide bonds. The van der Waals surface area contributed by atoms with E-state index in [1.165, 1.54) is 0 Å². The summed E-state index contributed by atoms with van der Waals surface area (Å²) < 4.78 is 27.4. The van der Waals surface area contributed by atoms with E-state index in [-0.39, 0.29) is 5.78 Å². The van der Waals surface area contributed by atoms with Gasteiger partial charge in [-0.1, -0.05) is 11.2 Å². The third-order valence-corrected chi connectivity index (χ3v) is 3.57. The number of Topliss-reactive ketones (excluding diaryl/α,β-unsaturated/α-hetero) is 1. The second kappa shape index (κ2) is 12.8. The normalized spacial score (nSPS) is 22.0. The third-order valence-electron chi connectivity index (χ3n) is 3.57. The highest BCUT2D eigenvalue weighted by molar-refractivity contribution is 5.85. The van der Waals surface area contributed by atoms with E-state index in [4.69, 9.17) is 29.2 Å². The predicted molar refractivity (Wildman–Crippen MR) is 95.0 cm³/mol. The summed E-state index contributed by atoms with van der Waals surface area (Å²) in [5.74, 6) is 0.0231. The SMILES string of the molecule is C=C[C@H]1OC(C)(C)CC(=O)[C@@H]1OCCOCCOCCOCCN=[N+]=[N-]. The molecule has 1 heterocycles. The van der Waals surface area contributed by atoms with Crippen LogP contribution in [0.5, 0.6) is 0 Å². The van der Waals surface area contributed by atoms with Crippen LogP contribution in [0.3, 0.4) is 0 Å². The minimum atomic E-state index is -0.622. The molecule has 0 aromatic carbocycles. The highest BCUT2D eigenvalue weighted by Crippen LogP contribution is 2.28. The predicted octanol–water partition coefficient (Wildman–Crippen LogP) is 2.05. The zero-order valence-electron chi connectivity index (χ0n) is 15.6. The van der Waals surface area contributed by atoms with Crippen molar-refractivity contribution < 1.29 is 28.5 Å². The quantitative estimate of drug-likeness (QED) is 0.152. The summed E-state index contributed by atoms with van der Waals surface area (Å²) in [6.07, 6.45) is 0.866. The van der Waals surface area contributed by atoms with E-state index in [0.29, 0.717) is 59.2 Å². The molecular weight excluding hydrogens is 342 g/mol. The number of hydrogen-bond acceptors (Lipinski definition) is 7. The first-order valence-corrected chi connectivity index (χ1v) is 8.69. The van der Waals surface area contributed by atoms with E-state index in [2.05, 4.69) is 16.6 Å². The number of nitrogens with zero attached hydrogens (tertiary/aromatic N) is 3. The van der Waals surface area contributed by atoms with Crippen molar-refractivity contribution in [1.29, 1.82) is 0 Å². The molecule has 1 aliphatic heterocycles. The molecule has 0 spiro atoms. The van der Waals surface area contributed by atoms with E-state index >= 15 is 0 Å². The smallest absolute Gasteiger partial charge is 0.167 e. The summed E-state index contributed by atoms with van der Waals surface area (Å²) in [5, 5.41) is 3.35. The van der Waals surface area contributed by atoms with Crippen molar-refractivity contribution in [3.63, 3.8) is 0 Å². The van der Waals surface area contributed by atoms with Gasteiger partial charge in [-0.05, 0) is 19.4 Å². The fraction of sp³-hybridized carbons (Fsp3) is 0.824. The summed E-state index contributed by atoms with van der Waals surface area (Å²) in [4.78, 5) is 14.8. The summed E-state index contributed by atoms with van der Waals surface area (Å²) in [5.41, 5.74) is 7.60. The van der Waals surface area contributed by atoms with Gasteiger partial charge in [0, 0.05) is 17.9 Å². The fourth-order valence-electron chi connectivity index (χ4n) is 2.46. The van der Waals surface area contributed by atoms with Crippen LogP contribution < -0.4 is 0 Å². The van der Waals surface area contributed by atoms with E-state index in [1.807, 2.05) is 13.8 Å². The van der Waals surface area contributed by atoms with E-state index in [0.717, 1.165) is 0 Å². The Morgan fingerprint density at radius 3 is 2.35 bits per heavy atom. The monoisotopic (exact) mass is 371 g/mol. The van der Waals surface area contributed by atoms with Crippen LogP contribution in [0.1, 0.15) is 20.3 Å². The van der Waals surface area contributed by atoms with Crippen molar-refractivity contribution >= 4 is 5.78 Å². The van der Waals surface area contributed by atoms with Gasteiger partial charge >= 0.3 is 0 Å². The Morgan fingerprint density at radius 1 is 1.19 bits per heavy atom. The first-order chi connectivity index (χ1) is 12.5. The van der Waals surface area contributed by atoms with Crippen molar-refractivity contribution in [2.45, 2.75) is 38.1 Å². The topological polar surface area (TPSA) is 112 Å². The van der Waals surface area contributed by atoms with Crippen molar-refractivity contribution in [1.82, 2.24) is 0 Å². The lowest BCUT2D eigenvalue weighted by molar-refractivity contribution is -0.176. The fourth-order valence-corrected chi connectivity index (χ4v) is 2.46. The second-order valence-electron chi connectivity index (χ2n) is 6.30. The maximum Gasteiger partial charge on any atom is 0.167 e. The minimum absolute atomic E-state index is 0.0231. The van der Waals surface area contributed by atoms with Crippen molar-refractivity contribution in [3.8, 4) is 0 Å². The number of hydrogen-bond donors (Lipinski definition) is 0. The molecule has 0 unspecified atom stereocenters. The number of ketones is 1. The van der Waals surface area contributed by atoms with Crippen LogP contribution in [0, 0.1) is 0 Å². The summed E-state index contributed by atoms with van der Waals surface area (Å²) in [6.45, 7) is 10.6. The molecule has 2 atom stereocenters. The van der Waals surface area contributed by atoms with Gasteiger partial charge in [0.2, 0.25) is 0 Å². The molecule has 0 bridgehead atoms. The zero-order valence-corrected chi connectivity index (χ0v) is 15.6. The highest BCUT2D eigenvalue weighted by atomic mass is 16.6. The third kappa shape index (κ3) is 9.28. The first kappa shape index (κ1) is 22.6. The molecule has 1 rings (SSSR count). The Labute approximate surface area is 154 Å². The summed E-state index contributed by atoms with van der Waals surface area (Å²) in [6, 6.07) is 0. The van der Waals surface area contributed by atoms with Gasteiger partial charge in [-0.2, -0.15) is 0 Å². The van der Waals surface area contributed by atoms with Gasteiger partial charge in [-0.3, -0.25) is 4.79 Å². The van der Waals surface area contributed by atoms with Crippen LogP contribution in [0.4, 0.5) is 0 Å². The van der Waals surface area contributed by atoms with Crippen molar-refractivity contribution in [3.05, 3.63) is 23.1 Å². The van der Waals surface area contributed by atoms with Crippen LogP contribution in [-0.2, 0) is 28.5 Å². The summed E-state index contributed by atoms with van der Waals surface area (Å²) in [7, 11) is 0. The van der Waals surface area contributed by atoms with Crippen LogP contribution >= 0.6 is 0 Å². The molecule has 0 N–H and O–H groups in total. The average Bonchev–Trinajstić information content (AvgIpc) is 2.59. The molecule has 26 heavy (non-hydrogen) atoms. The van der Waals surface area contributed by atoms with E-state index in [9.17, 15) is 4.79 Å². The molecule has 0 aromatic rings. The maximum atomic E-state index is 12.2. The largest absolute Gasteiger partial charge is 0.379 e. The molecule has 1 saturated heterocycles. The average molecular weight is 371 g/mol. The lowest BCUT2D eigenvalue weighted by atomic mass is 9.92. The van der Waals surface area contributed by atoms with Gasteiger partial charge in [-0.15, -0.1) is 6.58 Å². The molecule has 1 fully saturated rings. The summed E-state index contributed by atoms with van der Waals surface area (Å²) >= 11 is 0. The van der Waals surface area contributed by atoms with Crippen molar-refractivity contribution in [2.75, 3.05) is 52.8 Å². The highest BCUT2D eigenvalue weighted by Gasteiger charge is 2.40. The van der Waals surface area contributed by atoms with Gasteiger partial charge < -0.3 is 23.7 Å². The molecule has 9 heteroatoms. The van der Waals surface area contributed by atoms with Gasteiger partial charge in [0.05, 0.1) is 51.8 Å². The van der Waals surface area contributed by atoms with Crippen LogP contribution in [0.15, 0.2) is 17.8 Å². The lowest BCUT2D eigenvalue weighted by Gasteiger charge is -2.38. The standard InChI is InChI=1S/C17H29N3O6/c1-4-15-16(14(21)13-17(2,3)26-15)25-12-11-24-10-9-23-8-7-22-6-5-19-20-18/h4,15-16H,1,5-13H2,2-3H3/t15-,16+/m1/s1. The van der Waals surface area contributed by atoms with Gasteiger partial charge in [0.1, 0.15) is 12.2 Å². The molecule has 0 aromatic heterocycles. The second-order valence-corrected chi connectivity index (χ2v) is 6.30. The van der Waals surface area contributed by atoms with Gasteiger partial charge in [0.15, 0.2) is 5.78 Å². The molecule has 0 aliphatic carbocycles. The van der Waals surface area contributed by atoms with E-state index in [1.54, 1.807) is 6.08 Å².